The van der Waals surface area contributed by atoms with E-state index in [2.05, 4.69) is 4.98 Å². The molecule has 0 spiro atoms. The van der Waals surface area contributed by atoms with Crippen molar-refractivity contribution >= 4 is 17.4 Å². The van der Waals surface area contributed by atoms with Crippen LogP contribution in [0.1, 0.15) is 36.7 Å². The number of halogens is 5. The molecule has 0 saturated carbocycles. The molecule has 0 bridgehead atoms. The second-order valence-electron chi connectivity index (χ2n) is 11.4. The summed E-state index contributed by atoms with van der Waals surface area (Å²) < 4.78 is 79.9. The van der Waals surface area contributed by atoms with Gasteiger partial charge in [0.2, 0.25) is 0 Å². The van der Waals surface area contributed by atoms with E-state index in [1.165, 1.54) is 12.3 Å². The van der Waals surface area contributed by atoms with E-state index in [1.54, 1.807) is 11.0 Å². The number of likely N-dealkylation sites (N-methyl/N-ethyl adjacent to an activating group) is 1. The number of hydrogen-bond acceptors (Lipinski definition) is 7. The third-order valence-electron chi connectivity index (χ3n) is 8.12. The Balaban J connectivity index is 1.69. The number of benzene rings is 1. The van der Waals surface area contributed by atoms with Crippen molar-refractivity contribution in [3.8, 4) is 16.8 Å². The molecule has 4 heterocycles. The van der Waals surface area contributed by atoms with E-state index in [-0.39, 0.29) is 35.6 Å². The third-order valence-corrected chi connectivity index (χ3v) is 8.12. The highest BCUT2D eigenvalue weighted by atomic mass is 19.4. The first-order valence-corrected chi connectivity index (χ1v) is 14.1. The van der Waals surface area contributed by atoms with E-state index < -0.39 is 51.7 Å². The van der Waals surface area contributed by atoms with Crippen molar-refractivity contribution in [3.05, 3.63) is 69.8 Å². The number of amides is 1. The van der Waals surface area contributed by atoms with Gasteiger partial charge in [-0.2, -0.15) is 13.2 Å². The third kappa shape index (κ3) is 6.00. The van der Waals surface area contributed by atoms with Crippen LogP contribution in [-0.4, -0.2) is 78.4 Å². The number of carbonyl (C=O) groups excluding carboxylic acids is 1. The van der Waals surface area contributed by atoms with Gasteiger partial charge in [-0.25, -0.2) is 13.8 Å². The molecule has 0 aliphatic carbocycles. The maximum absolute atomic E-state index is 16.7. The van der Waals surface area contributed by atoms with Crippen molar-refractivity contribution in [1.82, 2.24) is 14.5 Å². The zero-order valence-electron chi connectivity index (χ0n) is 24.7. The number of alkyl halides is 3. The molecular formula is C30H33F5N6O3. The van der Waals surface area contributed by atoms with E-state index >= 15 is 8.78 Å². The minimum atomic E-state index is -5.08. The largest absolute Gasteiger partial charge is 0.417 e. The summed E-state index contributed by atoms with van der Waals surface area (Å²) in [5, 5.41) is 0. The average molecular weight is 621 g/mol. The molecule has 1 aromatic carbocycles. The number of nitrogens with two attached hydrogens (primary N) is 1. The van der Waals surface area contributed by atoms with Crippen LogP contribution in [0.4, 0.5) is 33.5 Å². The molecule has 1 amide bonds. The lowest BCUT2D eigenvalue weighted by molar-refractivity contribution is -0.138. The summed E-state index contributed by atoms with van der Waals surface area (Å²) in [6, 6.07) is 4.30. The van der Waals surface area contributed by atoms with E-state index in [4.69, 9.17) is 10.5 Å². The van der Waals surface area contributed by atoms with Crippen molar-refractivity contribution < 1.29 is 31.5 Å². The van der Waals surface area contributed by atoms with Crippen LogP contribution in [0.5, 0.6) is 0 Å². The fourth-order valence-corrected chi connectivity index (χ4v) is 5.82. The molecule has 0 unspecified atom stereocenters. The van der Waals surface area contributed by atoms with Crippen molar-refractivity contribution in [2.45, 2.75) is 45.2 Å². The normalized spacial score (nSPS) is 21.5. The number of rotatable bonds is 5. The van der Waals surface area contributed by atoms with Crippen molar-refractivity contribution in [2.24, 2.45) is 5.73 Å². The maximum atomic E-state index is 16.7. The zero-order chi connectivity index (χ0) is 32.1. The number of aromatic nitrogens is 2. The monoisotopic (exact) mass is 620 g/mol. The fourth-order valence-electron chi connectivity index (χ4n) is 5.82. The number of hydrogen-bond donors (Lipinski definition) is 1. The van der Waals surface area contributed by atoms with Gasteiger partial charge in [-0.05, 0) is 40.0 Å². The number of anilines is 2. The second kappa shape index (κ2) is 11.8. The van der Waals surface area contributed by atoms with Crippen LogP contribution in [-0.2, 0) is 10.9 Å². The molecule has 9 nitrogen and oxygen atoms in total. The maximum Gasteiger partial charge on any atom is 0.417 e. The minimum absolute atomic E-state index is 0.0460. The van der Waals surface area contributed by atoms with Gasteiger partial charge >= 0.3 is 6.18 Å². The lowest BCUT2D eigenvalue weighted by atomic mass is 10.0. The summed E-state index contributed by atoms with van der Waals surface area (Å²) in [5.41, 5.74) is 0.376. The molecular weight excluding hydrogens is 587 g/mol. The highest BCUT2D eigenvalue weighted by Gasteiger charge is 2.37. The quantitative estimate of drug-likeness (QED) is 0.430. The zero-order valence-corrected chi connectivity index (χ0v) is 24.7. The van der Waals surface area contributed by atoms with E-state index in [0.29, 0.717) is 49.3 Å². The SMILES string of the molecule is C[C@@H]1CN(c2ccc(-c3c(F)cc(N4CCN(C)[C@@H](C)C4)c(-n4cc(C(N)=O)c(C(F)(F)F)cc4=O)c3F)cn2)C[C@H](C)O1. The molecule has 236 valence electrons. The Labute approximate surface area is 250 Å². The van der Waals surface area contributed by atoms with Gasteiger partial charge in [-0.3, -0.25) is 14.2 Å². The lowest BCUT2D eigenvalue weighted by Gasteiger charge is -2.40. The first kappa shape index (κ1) is 31.4. The molecule has 2 fully saturated rings. The van der Waals surface area contributed by atoms with Crippen molar-refractivity contribution in [3.63, 3.8) is 0 Å². The van der Waals surface area contributed by atoms with E-state index in [1.807, 2.05) is 37.6 Å². The Bertz CT molecular complexity index is 1620. The molecule has 2 aromatic heterocycles. The predicted octanol–water partition coefficient (Wildman–Crippen LogP) is 4.05. The van der Waals surface area contributed by atoms with Gasteiger partial charge in [-0.15, -0.1) is 0 Å². The Morgan fingerprint density at radius 1 is 1.02 bits per heavy atom. The molecule has 5 rings (SSSR count). The van der Waals surface area contributed by atoms with Crippen LogP contribution in [0.2, 0.25) is 0 Å². The first-order chi connectivity index (χ1) is 20.6. The molecule has 0 radical (unpaired) electrons. The number of pyridine rings is 2. The molecule has 44 heavy (non-hydrogen) atoms. The number of primary amides is 1. The van der Waals surface area contributed by atoms with E-state index in [9.17, 15) is 22.8 Å². The highest BCUT2D eigenvalue weighted by molar-refractivity contribution is 5.94. The Kier molecular flexibility index (Phi) is 8.42. The topological polar surface area (TPSA) is 96.9 Å². The number of morpholine rings is 1. The molecule has 3 aromatic rings. The number of nitrogens with zero attached hydrogens (tertiary/aromatic N) is 5. The van der Waals surface area contributed by atoms with Crippen LogP contribution in [0.15, 0.2) is 41.5 Å². The fraction of sp³-hybridized carbons (Fsp3) is 0.433. The molecule has 2 N–H and O–H groups in total. The van der Waals surface area contributed by atoms with Crippen LogP contribution >= 0.6 is 0 Å². The second-order valence-corrected chi connectivity index (χ2v) is 11.4. The van der Waals surface area contributed by atoms with Crippen LogP contribution < -0.4 is 21.1 Å². The first-order valence-electron chi connectivity index (χ1n) is 14.1. The van der Waals surface area contributed by atoms with E-state index in [0.717, 1.165) is 6.07 Å². The molecule has 3 atom stereocenters. The van der Waals surface area contributed by atoms with Gasteiger partial charge in [0.15, 0.2) is 5.82 Å². The highest BCUT2D eigenvalue weighted by Crippen LogP contribution is 2.38. The molecule has 14 heteroatoms. The smallest absolute Gasteiger partial charge is 0.372 e. The van der Waals surface area contributed by atoms with Crippen LogP contribution in [0.25, 0.3) is 16.8 Å². The lowest BCUT2D eigenvalue weighted by Crippen LogP contribution is -2.50. The standard InChI is InChI=1S/C30H33F5N6O3/c1-16-12-39(8-7-38(16)4)23-10-22(31)26(19-5-6-24(37-11-19)40-13-17(2)44-18(3)14-40)27(32)28(23)41-15-20(29(36)43)21(9-25(41)42)30(33,34)35/h5-6,9-11,15-18H,7-8,12-14H2,1-4H3,(H2,36,43)/t16-,17-,18+/m0/s1. The van der Waals surface area contributed by atoms with Gasteiger partial charge in [0.25, 0.3) is 11.5 Å². The molecule has 2 aliphatic rings. The van der Waals surface area contributed by atoms with Gasteiger partial charge in [-0.1, -0.05) is 0 Å². The molecule has 2 saturated heterocycles. The molecule has 2 aliphatic heterocycles. The van der Waals surface area contributed by atoms with Crippen LogP contribution in [0, 0.1) is 11.6 Å². The van der Waals surface area contributed by atoms with Gasteiger partial charge in [0.1, 0.15) is 17.3 Å². The minimum Gasteiger partial charge on any atom is -0.372 e. The van der Waals surface area contributed by atoms with Crippen molar-refractivity contribution in [1.29, 1.82) is 0 Å². The summed E-state index contributed by atoms with van der Waals surface area (Å²) in [4.78, 5) is 35.4. The summed E-state index contributed by atoms with van der Waals surface area (Å²) in [6.07, 6.45) is -3.30. The van der Waals surface area contributed by atoms with Crippen LogP contribution in [0.3, 0.4) is 0 Å². The summed E-state index contributed by atoms with van der Waals surface area (Å²) in [6.45, 7) is 8.05. The Morgan fingerprint density at radius 2 is 1.70 bits per heavy atom. The van der Waals surface area contributed by atoms with Crippen molar-refractivity contribution in [2.75, 3.05) is 49.6 Å². The summed E-state index contributed by atoms with van der Waals surface area (Å²) in [7, 11) is 1.89. The van der Waals surface area contributed by atoms with Gasteiger partial charge in [0, 0.05) is 68.9 Å². The predicted molar refractivity (Wildman–Crippen MR) is 155 cm³/mol. The number of carbonyl (C=O) groups is 1. The Hall–Kier alpha value is -4.04. The van der Waals surface area contributed by atoms with Gasteiger partial charge in [0.05, 0.1) is 34.6 Å². The summed E-state index contributed by atoms with van der Waals surface area (Å²) in [5.74, 6) is -3.04. The summed E-state index contributed by atoms with van der Waals surface area (Å²) >= 11 is 0. The average Bonchev–Trinajstić information content (AvgIpc) is 2.93. The Morgan fingerprint density at radius 3 is 2.27 bits per heavy atom. The number of piperazine rings is 1. The number of ether oxygens (including phenoxy) is 1. The van der Waals surface area contributed by atoms with Gasteiger partial charge < -0.3 is 25.2 Å².